The van der Waals surface area contributed by atoms with Gasteiger partial charge in [-0.2, -0.15) is 0 Å². The molecule has 0 bridgehead atoms. The smallest absolute Gasteiger partial charge is 0.341 e. The summed E-state index contributed by atoms with van der Waals surface area (Å²) in [6.07, 6.45) is 5.23. The van der Waals surface area contributed by atoms with E-state index in [0.29, 0.717) is 24.4 Å². The topological polar surface area (TPSA) is 61.3 Å². The van der Waals surface area contributed by atoms with Gasteiger partial charge in [-0.1, -0.05) is 6.92 Å². The Bertz CT molecular complexity index is 464. The van der Waals surface area contributed by atoms with Crippen LogP contribution in [-0.4, -0.2) is 29.7 Å². The Kier molecular flexibility index (Phi) is 4.14. The number of hydrogen-bond donors (Lipinski definition) is 0. The minimum absolute atomic E-state index is 0.350. The van der Waals surface area contributed by atoms with Gasteiger partial charge in [-0.25, -0.2) is 14.8 Å². The van der Waals surface area contributed by atoms with Crippen molar-refractivity contribution in [3.8, 4) is 0 Å². The van der Waals surface area contributed by atoms with Gasteiger partial charge >= 0.3 is 5.97 Å². The number of carbonyl (C=O) groups excluding carboxylic acids is 1. The van der Waals surface area contributed by atoms with E-state index in [4.69, 9.17) is 9.47 Å². The Balaban J connectivity index is 2.33. The zero-order valence-corrected chi connectivity index (χ0v) is 11.7. The van der Waals surface area contributed by atoms with Crippen molar-refractivity contribution in [2.24, 2.45) is 0 Å². The van der Waals surface area contributed by atoms with Gasteiger partial charge in [0.05, 0.1) is 17.9 Å². The van der Waals surface area contributed by atoms with Gasteiger partial charge in [-0.05, 0) is 32.6 Å². The molecule has 1 saturated carbocycles. The lowest BCUT2D eigenvalue weighted by Gasteiger charge is -2.38. The van der Waals surface area contributed by atoms with Crippen LogP contribution in [0.15, 0.2) is 6.20 Å². The van der Waals surface area contributed by atoms with E-state index in [-0.39, 0.29) is 11.6 Å². The van der Waals surface area contributed by atoms with Gasteiger partial charge in [0.1, 0.15) is 5.60 Å². The Morgan fingerprint density at radius 1 is 1.42 bits per heavy atom. The van der Waals surface area contributed by atoms with E-state index in [1.807, 2.05) is 6.92 Å². The van der Waals surface area contributed by atoms with Gasteiger partial charge in [-0.3, -0.25) is 0 Å². The Morgan fingerprint density at radius 3 is 2.63 bits per heavy atom. The van der Waals surface area contributed by atoms with Crippen LogP contribution >= 0.6 is 0 Å². The molecule has 0 amide bonds. The number of esters is 1. The van der Waals surface area contributed by atoms with E-state index in [1.54, 1.807) is 20.2 Å². The number of ether oxygens (including phenoxy) is 2. The van der Waals surface area contributed by atoms with Crippen molar-refractivity contribution in [1.82, 2.24) is 9.97 Å². The molecule has 5 nitrogen and oxygen atoms in total. The summed E-state index contributed by atoms with van der Waals surface area (Å²) < 4.78 is 10.6. The number of carbonyl (C=O) groups is 1. The van der Waals surface area contributed by atoms with Gasteiger partial charge in [0.25, 0.3) is 0 Å². The Labute approximate surface area is 113 Å². The van der Waals surface area contributed by atoms with Crippen LogP contribution in [0.2, 0.25) is 0 Å². The zero-order chi connectivity index (χ0) is 13.9. The molecule has 1 fully saturated rings. The zero-order valence-electron chi connectivity index (χ0n) is 11.7. The maximum Gasteiger partial charge on any atom is 0.341 e. The largest absolute Gasteiger partial charge is 0.462 e. The van der Waals surface area contributed by atoms with E-state index < -0.39 is 0 Å². The highest BCUT2D eigenvalue weighted by atomic mass is 16.5. The molecule has 1 heterocycles. The maximum atomic E-state index is 11.8. The molecule has 0 atom stereocenters. The first-order valence-corrected chi connectivity index (χ1v) is 6.75. The summed E-state index contributed by atoms with van der Waals surface area (Å²) in [7, 11) is 1.69. The van der Waals surface area contributed by atoms with Crippen LogP contribution < -0.4 is 0 Å². The van der Waals surface area contributed by atoms with Crippen LogP contribution in [0, 0.1) is 0 Å². The van der Waals surface area contributed by atoms with Gasteiger partial charge in [0.15, 0.2) is 5.82 Å². The molecule has 2 rings (SSSR count). The summed E-state index contributed by atoms with van der Waals surface area (Å²) in [5, 5.41) is 0. The first kappa shape index (κ1) is 13.9. The SMILES string of the molecule is CCOC(=O)c1cnc(C2(OC)CCC2)nc1CC. The summed E-state index contributed by atoms with van der Waals surface area (Å²) in [5.74, 6) is 0.331. The highest BCUT2D eigenvalue weighted by Crippen LogP contribution is 2.42. The molecule has 0 radical (unpaired) electrons. The molecule has 5 heteroatoms. The van der Waals surface area contributed by atoms with E-state index >= 15 is 0 Å². The highest BCUT2D eigenvalue weighted by molar-refractivity contribution is 5.90. The summed E-state index contributed by atoms with van der Waals surface area (Å²) >= 11 is 0. The van der Waals surface area contributed by atoms with Crippen LogP contribution in [0.4, 0.5) is 0 Å². The normalized spacial score (nSPS) is 16.8. The van der Waals surface area contributed by atoms with E-state index in [2.05, 4.69) is 9.97 Å². The minimum atomic E-state index is -0.356. The monoisotopic (exact) mass is 264 g/mol. The molecular formula is C14H20N2O3. The maximum absolute atomic E-state index is 11.8. The molecule has 0 N–H and O–H groups in total. The fourth-order valence-corrected chi connectivity index (χ4v) is 2.30. The second-order valence-electron chi connectivity index (χ2n) is 4.68. The summed E-state index contributed by atoms with van der Waals surface area (Å²) in [4.78, 5) is 20.6. The molecule has 0 saturated heterocycles. The molecule has 1 aromatic rings. The van der Waals surface area contributed by atoms with E-state index in [9.17, 15) is 4.79 Å². The predicted molar refractivity (Wildman–Crippen MR) is 69.9 cm³/mol. The number of methoxy groups -OCH3 is 1. The second-order valence-corrected chi connectivity index (χ2v) is 4.68. The molecule has 19 heavy (non-hydrogen) atoms. The first-order valence-electron chi connectivity index (χ1n) is 6.75. The Morgan fingerprint density at radius 2 is 2.16 bits per heavy atom. The van der Waals surface area contributed by atoms with E-state index in [0.717, 1.165) is 25.0 Å². The lowest BCUT2D eigenvalue weighted by Crippen LogP contribution is -2.38. The molecule has 1 aliphatic rings. The van der Waals surface area contributed by atoms with Crippen molar-refractivity contribution in [2.75, 3.05) is 13.7 Å². The number of hydrogen-bond acceptors (Lipinski definition) is 5. The van der Waals surface area contributed by atoms with Crippen molar-refractivity contribution in [3.05, 3.63) is 23.3 Å². The number of rotatable bonds is 5. The van der Waals surface area contributed by atoms with Gasteiger partial charge in [0.2, 0.25) is 0 Å². The van der Waals surface area contributed by atoms with Crippen molar-refractivity contribution in [2.45, 2.75) is 45.1 Å². The molecule has 1 aromatic heterocycles. The third-order valence-electron chi connectivity index (χ3n) is 3.66. The fraction of sp³-hybridized carbons (Fsp3) is 0.643. The lowest BCUT2D eigenvalue weighted by atomic mass is 9.79. The second kappa shape index (κ2) is 5.65. The fourth-order valence-electron chi connectivity index (χ4n) is 2.30. The van der Waals surface area contributed by atoms with E-state index in [1.165, 1.54) is 0 Å². The number of nitrogens with zero attached hydrogens (tertiary/aromatic N) is 2. The summed E-state index contributed by atoms with van der Waals surface area (Å²) in [6.45, 7) is 4.11. The predicted octanol–water partition coefficient (Wildman–Crippen LogP) is 2.24. The lowest BCUT2D eigenvalue weighted by molar-refractivity contribution is -0.0848. The van der Waals surface area contributed by atoms with Crippen LogP contribution in [0.3, 0.4) is 0 Å². The van der Waals surface area contributed by atoms with Crippen LogP contribution in [0.25, 0.3) is 0 Å². The molecule has 0 aromatic carbocycles. The number of aryl methyl sites for hydroxylation is 1. The molecule has 0 aliphatic heterocycles. The van der Waals surface area contributed by atoms with Crippen molar-refractivity contribution < 1.29 is 14.3 Å². The van der Waals surface area contributed by atoms with Crippen molar-refractivity contribution >= 4 is 5.97 Å². The summed E-state index contributed by atoms with van der Waals surface area (Å²) in [6, 6.07) is 0. The van der Waals surface area contributed by atoms with Gasteiger partial charge < -0.3 is 9.47 Å². The molecule has 0 spiro atoms. The van der Waals surface area contributed by atoms with Crippen LogP contribution in [0.1, 0.15) is 55.0 Å². The van der Waals surface area contributed by atoms with Crippen molar-refractivity contribution in [3.63, 3.8) is 0 Å². The average molecular weight is 264 g/mol. The third kappa shape index (κ3) is 2.47. The molecular weight excluding hydrogens is 244 g/mol. The molecule has 0 unspecified atom stereocenters. The standard InChI is InChI=1S/C14H20N2O3/c1-4-11-10(12(17)19-5-2)9-15-13(16-11)14(18-3)7-6-8-14/h9H,4-8H2,1-3H3. The van der Waals surface area contributed by atoms with Crippen molar-refractivity contribution in [1.29, 1.82) is 0 Å². The summed E-state index contributed by atoms with van der Waals surface area (Å²) in [5.41, 5.74) is 0.836. The molecule has 1 aliphatic carbocycles. The first-order chi connectivity index (χ1) is 9.16. The Hall–Kier alpha value is -1.49. The van der Waals surface area contributed by atoms with Gasteiger partial charge in [0, 0.05) is 13.3 Å². The van der Waals surface area contributed by atoms with Crippen LogP contribution in [-0.2, 0) is 21.5 Å². The quantitative estimate of drug-likeness (QED) is 0.763. The number of aromatic nitrogens is 2. The van der Waals surface area contributed by atoms with Gasteiger partial charge in [-0.15, -0.1) is 0 Å². The minimum Gasteiger partial charge on any atom is -0.462 e. The average Bonchev–Trinajstić information content (AvgIpc) is 2.38. The molecule has 104 valence electrons. The van der Waals surface area contributed by atoms with Crippen LogP contribution in [0.5, 0.6) is 0 Å². The third-order valence-corrected chi connectivity index (χ3v) is 3.66. The highest BCUT2D eigenvalue weighted by Gasteiger charge is 2.42.